The highest BCUT2D eigenvalue weighted by Crippen LogP contribution is 2.41. The third-order valence-corrected chi connectivity index (χ3v) is 3.90. The van der Waals surface area contributed by atoms with E-state index in [0.29, 0.717) is 19.4 Å². The third kappa shape index (κ3) is 2.84. The van der Waals surface area contributed by atoms with Crippen LogP contribution >= 0.6 is 23.2 Å². The molecule has 1 aromatic heterocycles. The Morgan fingerprint density at radius 2 is 2.18 bits per heavy atom. The second-order valence-electron chi connectivity index (χ2n) is 4.53. The number of hydrogen-bond donors (Lipinski definition) is 1. The number of methoxy groups -OCH3 is 1. The number of rotatable bonds is 4. The Hall–Kier alpha value is -1.57. The van der Waals surface area contributed by atoms with Gasteiger partial charge < -0.3 is 19.9 Å². The van der Waals surface area contributed by atoms with Crippen molar-refractivity contribution in [2.45, 2.75) is 18.6 Å². The van der Waals surface area contributed by atoms with Crippen molar-refractivity contribution in [1.29, 1.82) is 0 Å². The number of carbonyl (C=O) groups is 1. The molecule has 1 atom stereocenters. The molecule has 0 unspecified atom stereocenters. The Morgan fingerprint density at radius 1 is 1.50 bits per heavy atom. The molecule has 9 heteroatoms. The molecule has 0 radical (unpaired) electrons. The van der Waals surface area contributed by atoms with E-state index in [4.69, 9.17) is 38.4 Å². The average Bonchev–Trinajstić information content (AvgIpc) is 2.98. The molecule has 1 saturated heterocycles. The first-order chi connectivity index (χ1) is 10.3. The smallest absolute Gasteiger partial charge is 0.339 e. The van der Waals surface area contributed by atoms with Crippen molar-refractivity contribution in [3.8, 4) is 5.88 Å². The van der Waals surface area contributed by atoms with E-state index in [9.17, 15) is 9.18 Å². The predicted octanol–water partition coefficient (Wildman–Crippen LogP) is 2.72. The van der Waals surface area contributed by atoms with Gasteiger partial charge in [0, 0.05) is 6.42 Å². The highest BCUT2D eigenvalue weighted by atomic mass is 35.5. The van der Waals surface area contributed by atoms with Crippen LogP contribution in [0.2, 0.25) is 10.0 Å². The van der Waals surface area contributed by atoms with Gasteiger partial charge in [-0.05, 0) is 6.42 Å². The summed E-state index contributed by atoms with van der Waals surface area (Å²) in [6, 6.07) is 0. The quantitative estimate of drug-likeness (QED) is 0.510. The zero-order valence-electron chi connectivity index (χ0n) is 11.6. The maximum Gasteiger partial charge on any atom is 0.339 e. The summed E-state index contributed by atoms with van der Waals surface area (Å²) in [4.78, 5) is 15.2. The lowest BCUT2D eigenvalue weighted by molar-refractivity contribution is -0.153. The van der Waals surface area contributed by atoms with E-state index in [2.05, 4.69) is 16.3 Å². The number of hydrogen-bond acceptors (Lipinski definition) is 6. The Kier molecular flexibility index (Phi) is 4.79. The lowest BCUT2D eigenvalue weighted by atomic mass is 10.0. The standard InChI is InChI=1S/C13H13Cl2FN2O4/c1-6(12(19)20-2)13(4-3-5-21-13)22-11-8(15)9(17)7(14)10(16)18-11/h1,3-5H2,2H3,(H2,17,18)/t13-/m1/s1. The van der Waals surface area contributed by atoms with Gasteiger partial charge >= 0.3 is 5.97 Å². The molecule has 0 amide bonds. The summed E-state index contributed by atoms with van der Waals surface area (Å²) in [7, 11) is 1.20. The molecule has 22 heavy (non-hydrogen) atoms. The summed E-state index contributed by atoms with van der Waals surface area (Å²) >= 11 is 11.6. The lowest BCUT2D eigenvalue weighted by Gasteiger charge is -2.29. The van der Waals surface area contributed by atoms with Crippen molar-refractivity contribution in [1.82, 2.24) is 4.98 Å². The lowest BCUT2D eigenvalue weighted by Crippen LogP contribution is -2.40. The number of nitrogens with zero attached hydrogens (tertiary/aromatic N) is 1. The third-order valence-electron chi connectivity index (χ3n) is 3.18. The van der Waals surface area contributed by atoms with Crippen LogP contribution in [0.5, 0.6) is 5.88 Å². The van der Waals surface area contributed by atoms with Gasteiger partial charge in [-0.3, -0.25) is 0 Å². The van der Waals surface area contributed by atoms with Crippen molar-refractivity contribution in [2.24, 2.45) is 0 Å². The SMILES string of the molecule is C=C(C(=O)OC)[C@]1(Oc2nc(F)c(Cl)c(N)c2Cl)CCCO1. The molecule has 1 aliphatic rings. The molecule has 120 valence electrons. The summed E-state index contributed by atoms with van der Waals surface area (Å²) in [5.74, 6) is -3.64. The van der Waals surface area contributed by atoms with E-state index >= 15 is 0 Å². The number of halogens is 3. The second kappa shape index (κ2) is 6.28. The van der Waals surface area contributed by atoms with E-state index in [1.54, 1.807) is 0 Å². The van der Waals surface area contributed by atoms with Crippen molar-refractivity contribution in [3.63, 3.8) is 0 Å². The van der Waals surface area contributed by atoms with Crippen LogP contribution in [0, 0.1) is 5.95 Å². The summed E-state index contributed by atoms with van der Waals surface area (Å²) < 4.78 is 29.3. The maximum absolute atomic E-state index is 13.6. The largest absolute Gasteiger partial charge is 0.465 e. The zero-order chi connectivity index (χ0) is 16.5. The highest BCUT2D eigenvalue weighted by molar-refractivity contribution is 6.39. The van der Waals surface area contributed by atoms with Crippen LogP contribution < -0.4 is 10.5 Å². The maximum atomic E-state index is 13.6. The van der Waals surface area contributed by atoms with Crippen molar-refractivity contribution in [3.05, 3.63) is 28.1 Å². The highest BCUT2D eigenvalue weighted by Gasteiger charge is 2.45. The number of ether oxygens (including phenoxy) is 3. The van der Waals surface area contributed by atoms with E-state index in [-0.39, 0.29) is 22.2 Å². The molecular formula is C13H13Cl2FN2O4. The van der Waals surface area contributed by atoms with Crippen LogP contribution in [0.4, 0.5) is 10.1 Å². The molecule has 1 fully saturated rings. The molecule has 0 aromatic carbocycles. The van der Waals surface area contributed by atoms with E-state index in [1.807, 2.05) is 0 Å². The van der Waals surface area contributed by atoms with Gasteiger partial charge in [0.15, 0.2) is 0 Å². The molecule has 0 spiro atoms. The number of esters is 1. The van der Waals surface area contributed by atoms with Crippen LogP contribution in [0.15, 0.2) is 12.2 Å². The summed E-state index contributed by atoms with van der Waals surface area (Å²) in [5.41, 5.74) is 5.28. The molecular weight excluding hydrogens is 338 g/mol. The van der Waals surface area contributed by atoms with Gasteiger partial charge in [-0.15, -0.1) is 0 Å². The molecule has 2 N–H and O–H groups in total. The van der Waals surface area contributed by atoms with Crippen LogP contribution in [0.3, 0.4) is 0 Å². The van der Waals surface area contributed by atoms with Gasteiger partial charge in [0.1, 0.15) is 15.6 Å². The van der Waals surface area contributed by atoms with E-state index in [1.165, 1.54) is 7.11 Å². The fourth-order valence-corrected chi connectivity index (χ4v) is 2.37. The molecule has 0 saturated carbocycles. The van der Waals surface area contributed by atoms with Crippen molar-refractivity contribution < 1.29 is 23.4 Å². The predicted molar refractivity (Wildman–Crippen MR) is 78.3 cm³/mol. The van der Waals surface area contributed by atoms with Gasteiger partial charge in [-0.2, -0.15) is 9.37 Å². The number of nitrogens with two attached hydrogens (primary N) is 1. The second-order valence-corrected chi connectivity index (χ2v) is 5.28. The number of pyridine rings is 1. The topological polar surface area (TPSA) is 83.7 Å². The molecule has 1 aromatic rings. The van der Waals surface area contributed by atoms with Gasteiger partial charge in [0.25, 0.3) is 0 Å². The van der Waals surface area contributed by atoms with E-state index in [0.717, 1.165) is 0 Å². The van der Waals surface area contributed by atoms with E-state index < -0.39 is 22.7 Å². The van der Waals surface area contributed by atoms with Crippen molar-refractivity contribution in [2.75, 3.05) is 19.5 Å². The minimum absolute atomic E-state index is 0.0840. The molecule has 2 heterocycles. The number of carbonyl (C=O) groups excluding carboxylic acids is 1. The Labute approximate surface area is 135 Å². The monoisotopic (exact) mass is 350 g/mol. The van der Waals surface area contributed by atoms with Crippen LogP contribution in [-0.4, -0.2) is 30.5 Å². The number of nitrogen functional groups attached to an aromatic ring is 1. The zero-order valence-corrected chi connectivity index (χ0v) is 13.1. The first kappa shape index (κ1) is 16.8. The Bertz CT molecular complexity index is 633. The summed E-state index contributed by atoms with van der Waals surface area (Å²) in [6.45, 7) is 3.94. The van der Waals surface area contributed by atoms with Gasteiger partial charge in [-0.25, -0.2) is 4.79 Å². The van der Waals surface area contributed by atoms with Crippen LogP contribution in [-0.2, 0) is 14.3 Å². The van der Waals surface area contributed by atoms with Crippen molar-refractivity contribution >= 4 is 34.9 Å². The van der Waals surface area contributed by atoms with Gasteiger partial charge in [0.2, 0.25) is 17.6 Å². The van der Waals surface area contributed by atoms with Gasteiger partial charge in [0.05, 0.1) is 19.4 Å². The van der Waals surface area contributed by atoms with Crippen LogP contribution in [0.1, 0.15) is 12.8 Å². The normalized spacial score (nSPS) is 20.7. The molecule has 2 rings (SSSR count). The minimum Gasteiger partial charge on any atom is -0.465 e. The van der Waals surface area contributed by atoms with Gasteiger partial charge in [-0.1, -0.05) is 29.8 Å². The fraction of sp³-hybridized carbons (Fsp3) is 0.385. The minimum atomic E-state index is -1.53. The first-order valence-electron chi connectivity index (χ1n) is 6.23. The fourth-order valence-electron chi connectivity index (χ4n) is 2.01. The first-order valence-corrected chi connectivity index (χ1v) is 6.98. The molecule has 0 aliphatic carbocycles. The average molecular weight is 351 g/mol. The van der Waals surface area contributed by atoms with Crippen LogP contribution in [0.25, 0.3) is 0 Å². The molecule has 6 nitrogen and oxygen atoms in total. The molecule has 0 bridgehead atoms. The molecule has 1 aliphatic heterocycles. The summed E-state index contributed by atoms with van der Waals surface area (Å²) in [5, 5.41) is -0.593. The summed E-state index contributed by atoms with van der Waals surface area (Å²) in [6.07, 6.45) is 0.891. The Balaban J connectivity index is 2.42. The number of anilines is 1. The number of aromatic nitrogens is 1. The Morgan fingerprint density at radius 3 is 2.73 bits per heavy atom.